The molecule has 3 rings (SSSR count). The number of pyridine rings is 1. The molecule has 1 aromatic carbocycles. The van der Waals surface area contributed by atoms with Crippen LogP contribution in [-0.2, 0) is 17.4 Å². The first-order chi connectivity index (χ1) is 14.6. The molecule has 0 radical (unpaired) electrons. The maximum absolute atomic E-state index is 12.9. The topological polar surface area (TPSA) is 72.7 Å². The first-order valence-corrected chi connectivity index (χ1v) is 15.0. The maximum atomic E-state index is 12.9. The van der Waals surface area contributed by atoms with Crippen molar-refractivity contribution in [1.29, 1.82) is 0 Å². The molecule has 0 saturated heterocycles. The Balaban J connectivity index is 1.80. The Morgan fingerprint density at radius 2 is 1.81 bits per heavy atom. The summed E-state index contributed by atoms with van der Waals surface area (Å²) in [6.45, 7) is 11.2. The van der Waals surface area contributed by atoms with E-state index in [0.29, 0.717) is 18.0 Å². The second-order valence-corrected chi connectivity index (χ2v) is 15.7. The molecule has 3 aromatic rings. The fraction of sp³-hybridized carbons (Fsp3) is 0.391. The third kappa shape index (κ3) is 6.83. The van der Waals surface area contributed by atoms with Crippen LogP contribution in [0, 0.1) is 0 Å². The van der Waals surface area contributed by atoms with E-state index in [1.807, 2.05) is 35.1 Å². The minimum atomic E-state index is -1.35. The number of aromatic nitrogens is 4. The number of carbonyl (C=O) groups is 1. The number of benzene rings is 1. The summed E-state index contributed by atoms with van der Waals surface area (Å²) in [5.74, 6) is 0.390. The predicted molar refractivity (Wildman–Crippen MR) is 130 cm³/mol. The molecule has 31 heavy (non-hydrogen) atoms. The van der Waals surface area contributed by atoms with Gasteiger partial charge in [-0.3, -0.25) is 14.5 Å². The summed E-state index contributed by atoms with van der Waals surface area (Å²) in [7, 11) is -1.35. The van der Waals surface area contributed by atoms with Gasteiger partial charge in [-0.2, -0.15) is 0 Å². The zero-order chi connectivity index (χ0) is 22.6. The van der Waals surface area contributed by atoms with Gasteiger partial charge in [0.25, 0.3) is 0 Å². The highest BCUT2D eigenvalue weighted by atomic mass is 79.9. The Hall–Kier alpha value is -2.32. The van der Waals surface area contributed by atoms with Crippen LogP contribution in [0.5, 0.6) is 0 Å². The average Bonchev–Trinajstić information content (AvgIpc) is 3.13. The zero-order valence-electron chi connectivity index (χ0n) is 18.8. The number of hydrogen-bond acceptors (Lipinski definition) is 4. The minimum absolute atomic E-state index is 0.0771. The van der Waals surface area contributed by atoms with E-state index in [9.17, 15) is 4.79 Å². The summed E-state index contributed by atoms with van der Waals surface area (Å²) >= 11 is 3.42. The monoisotopic (exact) mass is 499 g/mol. The molecule has 0 saturated carbocycles. The van der Waals surface area contributed by atoms with Crippen LogP contribution in [0.4, 0.5) is 0 Å². The Morgan fingerprint density at radius 1 is 1.10 bits per heavy atom. The smallest absolute Gasteiger partial charge is 0.225 e. The third-order valence-corrected chi connectivity index (χ3v) is 6.59. The van der Waals surface area contributed by atoms with Crippen molar-refractivity contribution in [2.24, 2.45) is 0 Å². The fourth-order valence-corrected chi connectivity index (χ4v) is 4.65. The molecule has 0 aliphatic rings. The summed E-state index contributed by atoms with van der Waals surface area (Å²) in [6.07, 6.45) is 4.82. The van der Waals surface area contributed by atoms with Crippen LogP contribution in [0.15, 0.2) is 53.3 Å². The van der Waals surface area contributed by atoms with Gasteiger partial charge in [-0.05, 0) is 45.1 Å². The summed E-state index contributed by atoms with van der Waals surface area (Å²) in [5.41, 5.74) is 3.66. The molecule has 1 atom stereocenters. The Morgan fingerprint density at radius 3 is 2.39 bits per heavy atom. The molecule has 164 valence electrons. The molecular formula is C23H30BrN5OSi. The van der Waals surface area contributed by atoms with E-state index >= 15 is 0 Å². The lowest BCUT2D eigenvalue weighted by atomic mass is 10.0. The molecule has 1 unspecified atom stereocenters. The summed E-state index contributed by atoms with van der Waals surface area (Å²) in [5, 5.41) is 11.8. The molecule has 0 aliphatic carbocycles. The number of nitrogens with zero attached hydrogens (tertiary/aromatic N) is 4. The molecular weight excluding hydrogens is 470 g/mol. The molecule has 0 aliphatic heterocycles. The zero-order valence-corrected chi connectivity index (χ0v) is 21.3. The summed E-state index contributed by atoms with van der Waals surface area (Å²) in [4.78, 5) is 17.4. The van der Waals surface area contributed by atoms with Crippen LogP contribution < -0.4 is 5.32 Å². The largest absolute Gasteiger partial charge is 0.342 e. The van der Waals surface area contributed by atoms with Crippen molar-refractivity contribution >= 4 is 29.9 Å². The van der Waals surface area contributed by atoms with Gasteiger partial charge in [0.1, 0.15) is 11.7 Å². The Bertz CT molecular complexity index is 1010. The minimum Gasteiger partial charge on any atom is -0.342 e. The molecule has 6 nitrogen and oxygen atoms in total. The first-order valence-electron chi connectivity index (χ1n) is 10.5. The van der Waals surface area contributed by atoms with Gasteiger partial charge in [-0.15, -0.1) is 5.10 Å². The van der Waals surface area contributed by atoms with Crippen LogP contribution >= 0.6 is 15.9 Å². The highest BCUT2D eigenvalue weighted by molar-refractivity contribution is 9.10. The maximum Gasteiger partial charge on any atom is 0.225 e. The van der Waals surface area contributed by atoms with Crippen LogP contribution in [-0.4, -0.2) is 34.0 Å². The van der Waals surface area contributed by atoms with E-state index in [2.05, 4.69) is 82.2 Å². The number of nitrogens with one attached hydrogen (secondary N) is 1. The van der Waals surface area contributed by atoms with Crippen molar-refractivity contribution in [1.82, 2.24) is 25.3 Å². The van der Waals surface area contributed by atoms with Gasteiger partial charge in [-0.25, -0.2) is 0 Å². The number of rotatable bonds is 8. The SMILES string of the molecule is CC(C)c1ccc(CC(=O)NC(c2ccc(Br)cn2)c2cn(C[Si](C)(C)C)nn2)cc1. The number of carbonyl (C=O) groups excluding carboxylic acids is 1. The number of amides is 1. The lowest BCUT2D eigenvalue weighted by Crippen LogP contribution is -2.31. The Labute approximate surface area is 193 Å². The number of hydrogen-bond donors (Lipinski definition) is 1. The van der Waals surface area contributed by atoms with Gasteiger partial charge in [0, 0.05) is 16.8 Å². The quantitative estimate of drug-likeness (QED) is 0.448. The van der Waals surface area contributed by atoms with Crippen LogP contribution in [0.3, 0.4) is 0 Å². The van der Waals surface area contributed by atoms with E-state index in [1.54, 1.807) is 6.20 Å². The van der Waals surface area contributed by atoms with Gasteiger partial charge in [0.15, 0.2) is 0 Å². The third-order valence-electron chi connectivity index (χ3n) is 4.85. The molecule has 2 aromatic heterocycles. The normalized spacial score (nSPS) is 12.7. The summed E-state index contributed by atoms with van der Waals surface area (Å²) < 4.78 is 2.76. The van der Waals surface area contributed by atoms with Gasteiger partial charge in [-0.1, -0.05) is 63.0 Å². The van der Waals surface area contributed by atoms with Crippen LogP contribution in [0.2, 0.25) is 19.6 Å². The van der Waals surface area contributed by atoms with Crippen LogP contribution in [0.1, 0.15) is 48.3 Å². The molecule has 1 amide bonds. The van der Waals surface area contributed by atoms with Crippen molar-refractivity contribution in [2.45, 2.75) is 58.0 Å². The lowest BCUT2D eigenvalue weighted by Gasteiger charge is -2.17. The molecule has 0 bridgehead atoms. The average molecular weight is 501 g/mol. The summed E-state index contributed by atoms with van der Waals surface area (Å²) in [6, 6.07) is 11.6. The second-order valence-electron chi connectivity index (χ2n) is 9.38. The van der Waals surface area contributed by atoms with Crippen molar-refractivity contribution in [2.75, 3.05) is 0 Å². The standard InChI is InChI=1S/C23H30BrN5OSi/c1-16(2)18-8-6-17(7-9-18)12-22(30)26-23(20-11-10-19(24)13-25-20)21-14-29(28-27-21)15-31(3,4)5/h6-11,13-14,16,23H,12,15H2,1-5H3,(H,26,30). The predicted octanol–water partition coefficient (Wildman–Crippen LogP) is 4.88. The van der Waals surface area contributed by atoms with E-state index in [0.717, 1.165) is 21.9 Å². The molecule has 8 heteroatoms. The van der Waals surface area contributed by atoms with Crippen molar-refractivity contribution in [3.8, 4) is 0 Å². The second kappa shape index (κ2) is 9.87. The lowest BCUT2D eigenvalue weighted by molar-refractivity contribution is -0.121. The fourth-order valence-electron chi connectivity index (χ4n) is 3.28. The molecule has 0 spiro atoms. The van der Waals surface area contributed by atoms with E-state index in [4.69, 9.17) is 0 Å². The van der Waals surface area contributed by atoms with Crippen molar-refractivity contribution < 1.29 is 4.79 Å². The highest BCUT2D eigenvalue weighted by Gasteiger charge is 2.23. The molecule has 2 heterocycles. The van der Waals surface area contributed by atoms with Crippen LogP contribution in [0.25, 0.3) is 0 Å². The highest BCUT2D eigenvalue weighted by Crippen LogP contribution is 2.21. The van der Waals surface area contributed by atoms with Crippen molar-refractivity contribution in [3.05, 3.63) is 75.8 Å². The van der Waals surface area contributed by atoms with Gasteiger partial charge in [0.05, 0.1) is 26.4 Å². The Kier molecular flexibility index (Phi) is 7.43. The molecule has 1 N–H and O–H groups in total. The van der Waals surface area contributed by atoms with Gasteiger partial charge >= 0.3 is 0 Å². The first kappa shape index (κ1) is 23.3. The van der Waals surface area contributed by atoms with Crippen molar-refractivity contribution in [3.63, 3.8) is 0 Å². The van der Waals surface area contributed by atoms with E-state index < -0.39 is 14.1 Å². The van der Waals surface area contributed by atoms with E-state index in [-0.39, 0.29) is 5.91 Å². The number of halogens is 1. The van der Waals surface area contributed by atoms with E-state index in [1.165, 1.54) is 5.56 Å². The molecule has 0 fully saturated rings. The van der Waals surface area contributed by atoms with Gasteiger partial charge < -0.3 is 5.32 Å². The van der Waals surface area contributed by atoms with Gasteiger partial charge in [0.2, 0.25) is 5.91 Å².